The van der Waals surface area contributed by atoms with E-state index in [2.05, 4.69) is 20.7 Å². The number of carbonyl (C=O) groups excluding carboxylic acids is 1. The Bertz CT molecular complexity index is 1190. The molecular weight excluding hydrogens is 397 g/mol. The van der Waals surface area contributed by atoms with Crippen LogP contribution in [-0.2, 0) is 11.3 Å². The van der Waals surface area contributed by atoms with E-state index in [1.165, 1.54) is 12.1 Å². The van der Waals surface area contributed by atoms with Crippen LogP contribution in [0.4, 0.5) is 15.0 Å². The zero-order valence-corrected chi connectivity index (χ0v) is 17.2. The molecule has 158 valence electrons. The molecule has 0 radical (unpaired) electrons. The number of amides is 2. The predicted molar refractivity (Wildman–Crippen MR) is 117 cm³/mol. The van der Waals surface area contributed by atoms with Crippen molar-refractivity contribution in [1.29, 1.82) is 0 Å². The maximum absolute atomic E-state index is 13.3. The second-order valence-corrected chi connectivity index (χ2v) is 7.09. The Kier molecular flexibility index (Phi) is 5.90. The van der Waals surface area contributed by atoms with Crippen molar-refractivity contribution < 1.29 is 13.9 Å². The van der Waals surface area contributed by atoms with Gasteiger partial charge in [-0.15, -0.1) is 0 Å². The summed E-state index contributed by atoms with van der Waals surface area (Å²) < 4.78 is 20.3. The van der Waals surface area contributed by atoms with Crippen LogP contribution in [0.2, 0.25) is 0 Å². The van der Waals surface area contributed by atoms with E-state index in [1.807, 2.05) is 37.3 Å². The SMILES string of the molecule is COCc1nc(NC(=O)NC(C)c2ccccc2)cc2cnn(-c3ccc(F)cc3)c12. The van der Waals surface area contributed by atoms with Crippen LogP contribution in [0.3, 0.4) is 0 Å². The fourth-order valence-corrected chi connectivity index (χ4v) is 3.39. The number of rotatable bonds is 6. The average molecular weight is 419 g/mol. The van der Waals surface area contributed by atoms with Crippen molar-refractivity contribution in [2.24, 2.45) is 0 Å². The number of fused-ring (bicyclic) bond motifs is 1. The molecule has 2 N–H and O–H groups in total. The smallest absolute Gasteiger partial charge is 0.320 e. The highest BCUT2D eigenvalue weighted by molar-refractivity contribution is 5.92. The lowest BCUT2D eigenvalue weighted by molar-refractivity contribution is 0.182. The van der Waals surface area contributed by atoms with Crippen LogP contribution < -0.4 is 10.6 Å². The van der Waals surface area contributed by atoms with Gasteiger partial charge in [-0.2, -0.15) is 5.10 Å². The van der Waals surface area contributed by atoms with Crippen LogP contribution in [0.5, 0.6) is 0 Å². The molecule has 0 spiro atoms. The van der Waals surface area contributed by atoms with Gasteiger partial charge in [0.2, 0.25) is 0 Å². The molecule has 7 nitrogen and oxygen atoms in total. The molecule has 0 saturated carbocycles. The number of ether oxygens (including phenoxy) is 1. The summed E-state index contributed by atoms with van der Waals surface area (Å²) in [5, 5.41) is 10.9. The van der Waals surface area contributed by atoms with Crippen molar-refractivity contribution in [2.75, 3.05) is 12.4 Å². The number of carbonyl (C=O) groups is 1. The largest absolute Gasteiger partial charge is 0.378 e. The molecule has 0 bridgehead atoms. The molecule has 0 fully saturated rings. The minimum absolute atomic E-state index is 0.162. The van der Waals surface area contributed by atoms with Gasteiger partial charge in [0.1, 0.15) is 11.6 Å². The summed E-state index contributed by atoms with van der Waals surface area (Å²) in [6, 6.07) is 16.9. The van der Waals surface area contributed by atoms with E-state index < -0.39 is 0 Å². The maximum atomic E-state index is 13.3. The first-order valence-electron chi connectivity index (χ1n) is 9.80. The van der Waals surface area contributed by atoms with Crippen molar-refractivity contribution >= 4 is 22.8 Å². The Morgan fingerprint density at radius 1 is 1.16 bits per heavy atom. The molecular formula is C23H22FN5O2. The normalized spacial score (nSPS) is 12.0. The van der Waals surface area contributed by atoms with Crippen LogP contribution in [0.1, 0.15) is 24.2 Å². The highest BCUT2D eigenvalue weighted by Gasteiger charge is 2.16. The van der Waals surface area contributed by atoms with E-state index in [1.54, 1.807) is 36.2 Å². The fraction of sp³-hybridized carbons (Fsp3) is 0.174. The zero-order valence-electron chi connectivity index (χ0n) is 17.2. The molecule has 2 aromatic heterocycles. The quantitative estimate of drug-likeness (QED) is 0.479. The van der Waals surface area contributed by atoms with Gasteiger partial charge in [-0.1, -0.05) is 30.3 Å². The third-order valence-electron chi connectivity index (χ3n) is 4.86. The summed E-state index contributed by atoms with van der Waals surface area (Å²) in [5.41, 5.74) is 3.04. The average Bonchev–Trinajstić information content (AvgIpc) is 3.19. The monoisotopic (exact) mass is 419 g/mol. The van der Waals surface area contributed by atoms with Gasteiger partial charge in [-0.25, -0.2) is 18.9 Å². The van der Waals surface area contributed by atoms with Crippen molar-refractivity contribution in [3.05, 3.63) is 83.9 Å². The van der Waals surface area contributed by atoms with Gasteiger partial charge in [0, 0.05) is 12.5 Å². The Morgan fingerprint density at radius 2 is 1.90 bits per heavy atom. The van der Waals surface area contributed by atoms with Gasteiger partial charge in [0.25, 0.3) is 0 Å². The molecule has 4 rings (SSSR count). The number of anilines is 1. The number of aromatic nitrogens is 3. The first-order chi connectivity index (χ1) is 15.0. The number of methoxy groups -OCH3 is 1. The van der Waals surface area contributed by atoms with Gasteiger partial charge in [-0.05, 0) is 42.8 Å². The number of hydrogen-bond acceptors (Lipinski definition) is 4. The van der Waals surface area contributed by atoms with E-state index in [0.717, 1.165) is 16.5 Å². The number of nitrogens with zero attached hydrogens (tertiary/aromatic N) is 3. The number of hydrogen-bond donors (Lipinski definition) is 2. The van der Waals surface area contributed by atoms with Crippen LogP contribution in [0.25, 0.3) is 16.6 Å². The van der Waals surface area contributed by atoms with Gasteiger partial charge < -0.3 is 10.1 Å². The molecule has 1 atom stereocenters. The molecule has 2 heterocycles. The third kappa shape index (κ3) is 4.54. The Labute approximate surface area is 178 Å². The second kappa shape index (κ2) is 8.93. The molecule has 2 aromatic carbocycles. The molecule has 4 aromatic rings. The lowest BCUT2D eigenvalue weighted by Crippen LogP contribution is -2.31. The Balaban J connectivity index is 1.60. The van der Waals surface area contributed by atoms with Gasteiger partial charge in [0.15, 0.2) is 0 Å². The summed E-state index contributed by atoms with van der Waals surface area (Å²) >= 11 is 0. The molecule has 0 aliphatic heterocycles. The Morgan fingerprint density at radius 3 is 2.61 bits per heavy atom. The van der Waals surface area contributed by atoms with Gasteiger partial charge in [-0.3, -0.25) is 5.32 Å². The molecule has 0 saturated heterocycles. The third-order valence-corrected chi connectivity index (χ3v) is 4.86. The van der Waals surface area contributed by atoms with Crippen molar-refractivity contribution in [1.82, 2.24) is 20.1 Å². The summed E-state index contributed by atoms with van der Waals surface area (Å²) in [7, 11) is 1.57. The molecule has 0 aliphatic rings. The topological polar surface area (TPSA) is 81.1 Å². The first-order valence-corrected chi connectivity index (χ1v) is 9.80. The molecule has 31 heavy (non-hydrogen) atoms. The highest BCUT2D eigenvalue weighted by atomic mass is 19.1. The Hall–Kier alpha value is -3.78. The molecule has 0 aliphatic carbocycles. The number of halogens is 1. The standard InChI is InChI=1S/C23H22FN5O2/c1-15(16-6-4-3-5-7-16)26-23(30)28-21-12-17-13-25-29(19-10-8-18(24)9-11-19)22(17)20(27-21)14-31-2/h3-13,15H,14H2,1-2H3,(H2,26,27,28,30). The molecule has 1 unspecified atom stereocenters. The molecule has 2 amide bonds. The maximum Gasteiger partial charge on any atom is 0.320 e. The van der Waals surface area contributed by atoms with Crippen LogP contribution in [-0.4, -0.2) is 27.9 Å². The summed E-state index contributed by atoms with van der Waals surface area (Å²) in [6.45, 7) is 2.13. The van der Waals surface area contributed by atoms with E-state index in [4.69, 9.17) is 4.74 Å². The van der Waals surface area contributed by atoms with E-state index in [-0.39, 0.29) is 24.5 Å². The number of urea groups is 1. The van der Waals surface area contributed by atoms with E-state index >= 15 is 0 Å². The van der Waals surface area contributed by atoms with E-state index in [9.17, 15) is 9.18 Å². The number of benzene rings is 2. The molecule has 8 heteroatoms. The van der Waals surface area contributed by atoms with Gasteiger partial charge in [0.05, 0.1) is 35.7 Å². The lowest BCUT2D eigenvalue weighted by atomic mass is 10.1. The zero-order chi connectivity index (χ0) is 21.8. The fourth-order valence-electron chi connectivity index (χ4n) is 3.39. The minimum atomic E-state index is -0.363. The second-order valence-electron chi connectivity index (χ2n) is 7.09. The van der Waals surface area contributed by atoms with Gasteiger partial charge >= 0.3 is 6.03 Å². The highest BCUT2D eigenvalue weighted by Crippen LogP contribution is 2.25. The van der Waals surface area contributed by atoms with Crippen LogP contribution >= 0.6 is 0 Å². The van der Waals surface area contributed by atoms with Crippen molar-refractivity contribution in [3.63, 3.8) is 0 Å². The van der Waals surface area contributed by atoms with Crippen LogP contribution in [0.15, 0.2) is 66.9 Å². The van der Waals surface area contributed by atoms with E-state index in [0.29, 0.717) is 17.2 Å². The van der Waals surface area contributed by atoms with Crippen molar-refractivity contribution in [2.45, 2.75) is 19.6 Å². The number of pyridine rings is 1. The summed E-state index contributed by atoms with van der Waals surface area (Å²) in [4.78, 5) is 17.1. The summed E-state index contributed by atoms with van der Waals surface area (Å²) in [6.07, 6.45) is 1.68. The lowest BCUT2D eigenvalue weighted by Gasteiger charge is -2.15. The van der Waals surface area contributed by atoms with Crippen LogP contribution in [0, 0.1) is 5.82 Å². The van der Waals surface area contributed by atoms with Crippen molar-refractivity contribution in [3.8, 4) is 5.69 Å². The first kappa shape index (κ1) is 20.5. The predicted octanol–water partition coefficient (Wildman–Crippen LogP) is 4.59. The summed E-state index contributed by atoms with van der Waals surface area (Å²) in [5.74, 6) is 0.0636. The number of nitrogens with one attached hydrogen (secondary N) is 2. The minimum Gasteiger partial charge on any atom is -0.378 e.